The van der Waals surface area contributed by atoms with Crippen molar-refractivity contribution in [1.82, 2.24) is 0 Å². The fourth-order valence-corrected chi connectivity index (χ4v) is 4.15. The standard InChI is InChI=1S/C25H25N3O3/c1-16-4-9-20(10-5-16)26-23-15-18(3)27(24-13-6-17(2)14-22(23)24)25(29)19-7-11-21(12-8-19)28(30)31/h4-14,18,23,26H,15H2,1-3H3/t18-,23-/m0/s1. The lowest BCUT2D eigenvalue weighted by Crippen LogP contribution is -2.44. The molecule has 0 aliphatic carbocycles. The summed E-state index contributed by atoms with van der Waals surface area (Å²) in [6, 6.07) is 20.3. The molecule has 1 heterocycles. The number of nitrogens with zero attached hydrogens (tertiary/aromatic N) is 2. The molecule has 3 aromatic rings. The minimum atomic E-state index is -0.461. The van der Waals surface area contributed by atoms with E-state index in [0.717, 1.165) is 28.9 Å². The second-order valence-electron chi connectivity index (χ2n) is 8.19. The van der Waals surface area contributed by atoms with Crippen LogP contribution in [0.15, 0.2) is 66.7 Å². The van der Waals surface area contributed by atoms with Gasteiger partial charge in [-0.05, 0) is 63.1 Å². The first kappa shape index (κ1) is 20.6. The maximum atomic E-state index is 13.4. The van der Waals surface area contributed by atoms with Crippen LogP contribution in [0.1, 0.15) is 46.4 Å². The van der Waals surface area contributed by atoms with E-state index in [1.807, 2.05) is 30.9 Å². The van der Waals surface area contributed by atoms with Gasteiger partial charge in [0.25, 0.3) is 11.6 Å². The van der Waals surface area contributed by atoms with Crippen LogP contribution in [-0.2, 0) is 0 Å². The van der Waals surface area contributed by atoms with E-state index in [-0.39, 0.29) is 23.7 Å². The number of carbonyl (C=O) groups is 1. The van der Waals surface area contributed by atoms with E-state index in [2.05, 4.69) is 42.6 Å². The zero-order chi connectivity index (χ0) is 22.1. The van der Waals surface area contributed by atoms with Crippen LogP contribution < -0.4 is 10.2 Å². The van der Waals surface area contributed by atoms with E-state index in [1.54, 1.807) is 0 Å². The van der Waals surface area contributed by atoms with Gasteiger partial charge in [-0.2, -0.15) is 0 Å². The number of carbonyl (C=O) groups excluding carboxylic acids is 1. The van der Waals surface area contributed by atoms with E-state index >= 15 is 0 Å². The summed E-state index contributed by atoms with van der Waals surface area (Å²) in [7, 11) is 0. The molecule has 2 atom stereocenters. The first-order chi connectivity index (χ1) is 14.8. The summed E-state index contributed by atoms with van der Waals surface area (Å²) in [5.74, 6) is -0.152. The number of nitro benzene ring substituents is 1. The number of rotatable bonds is 4. The summed E-state index contributed by atoms with van der Waals surface area (Å²) in [6.07, 6.45) is 0.753. The van der Waals surface area contributed by atoms with Crippen LogP contribution in [0.25, 0.3) is 0 Å². The number of hydrogen-bond acceptors (Lipinski definition) is 4. The zero-order valence-corrected chi connectivity index (χ0v) is 17.8. The van der Waals surface area contributed by atoms with Crippen LogP contribution in [0.2, 0.25) is 0 Å². The van der Waals surface area contributed by atoms with E-state index < -0.39 is 4.92 Å². The summed E-state index contributed by atoms with van der Waals surface area (Å²) in [5.41, 5.74) is 5.75. The van der Waals surface area contributed by atoms with Crippen molar-refractivity contribution in [2.24, 2.45) is 0 Å². The Labute approximate surface area is 181 Å². The predicted octanol–water partition coefficient (Wildman–Crippen LogP) is 5.80. The van der Waals surface area contributed by atoms with Crippen LogP contribution in [0.4, 0.5) is 17.1 Å². The van der Waals surface area contributed by atoms with Crippen molar-refractivity contribution in [1.29, 1.82) is 0 Å². The maximum absolute atomic E-state index is 13.4. The Morgan fingerprint density at radius 3 is 2.29 bits per heavy atom. The van der Waals surface area contributed by atoms with Gasteiger partial charge >= 0.3 is 0 Å². The Kier molecular flexibility index (Phi) is 5.46. The number of aryl methyl sites for hydroxylation is 2. The Morgan fingerprint density at radius 1 is 1.00 bits per heavy atom. The molecule has 0 saturated carbocycles. The highest BCUT2D eigenvalue weighted by Gasteiger charge is 2.34. The van der Waals surface area contributed by atoms with Gasteiger partial charge in [0, 0.05) is 35.1 Å². The second-order valence-corrected chi connectivity index (χ2v) is 8.19. The largest absolute Gasteiger partial charge is 0.378 e. The topological polar surface area (TPSA) is 75.5 Å². The molecule has 1 aliphatic rings. The first-order valence-corrected chi connectivity index (χ1v) is 10.4. The number of benzene rings is 3. The molecule has 6 heteroatoms. The summed E-state index contributed by atoms with van der Waals surface area (Å²) >= 11 is 0. The normalized spacial score (nSPS) is 17.7. The third-order valence-corrected chi connectivity index (χ3v) is 5.77. The van der Waals surface area contributed by atoms with Crippen LogP contribution in [0, 0.1) is 24.0 Å². The zero-order valence-electron chi connectivity index (χ0n) is 17.8. The molecule has 0 radical (unpaired) electrons. The average Bonchev–Trinajstić information content (AvgIpc) is 2.75. The number of nitro groups is 1. The lowest BCUT2D eigenvalue weighted by atomic mass is 9.89. The number of hydrogen-bond donors (Lipinski definition) is 1. The van der Waals surface area contributed by atoms with E-state index in [1.165, 1.54) is 29.8 Å². The Hall–Kier alpha value is -3.67. The Bertz CT molecular complexity index is 1120. The quantitative estimate of drug-likeness (QED) is 0.431. The lowest BCUT2D eigenvalue weighted by molar-refractivity contribution is -0.384. The average molecular weight is 415 g/mol. The molecule has 0 spiro atoms. The number of amides is 1. The molecule has 0 aromatic heterocycles. The highest BCUT2D eigenvalue weighted by atomic mass is 16.6. The molecule has 158 valence electrons. The van der Waals surface area contributed by atoms with Gasteiger partial charge in [0.15, 0.2) is 0 Å². The van der Waals surface area contributed by atoms with Crippen molar-refractivity contribution in [3.8, 4) is 0 Å². The SMILES string of the molecule is Cc1ccc(N[C@H]2C[C@H](C)N(C(=O)c3ccc([N+](=O)[O-])cc3)c3ccc(C)cc32)cc1. The second kappa shape index (κ2) is 8.22. The molecule has 3 aromatic carbocycles. The Morgan fingerprint density at radius 2 is 1.65 bits per heavy atom. The number of nitrogens with one attached hydrogen (secondary N) is 1. The van der Waals surface area contributed by atoms with Crippen molar-refractivity contribution in [3.63, 3.8) is 0 Å². The van der Waals surface area contributed by atoms with Gasteiger partial charge in [0.05, 0.1) is 11.0 Å². The first-order valence-electron chi connectivity index (χ1n) is 10.4. The maximum Gasteiger partial charge on any atom is 0.269 e. The highest BCUT2D eigenvalue weighted by molar-refractivity contribution is 6.07. The molecule has 4 rings (SSSR count). The third kappa shape index (κ3) is 4.14. The molecule has 1 amide bonds. The van der Waals surface area contributed by atoms with E-state index in [9.17, 15) is 14.9 Å². The van der Waals surface area contributed by atoms with Crippen molar-refractivity contribution in [2.75, 3.05) is 10.2 Å². The summed E-state index contributed by atoms with van der Waals surface area (Å²) in [6.45, 7) is 6.15. The van der Waals surface area contributed by atoms with Gasteiger partial charge in [0.2, 0.25) is 0 Å². The summed E-state index contributed by atoms with van der Waals surface area (Å²) < 4.78 is 0. The molecular formula is C25H25N3O3. The minimum Gasteiger partial charge on any atom is -0.378 e. The number of fused-ring (bicyclic) bond motifs is 1. The van der Waals surface area contributed by atoms with Crippen molar-refractivity contribution >= 4 is 23.0 Å². The van der Waals surface area contributed by atoms with Crippen LogP contribution in [0.3, 0.4) is 0 Å². The van der Waals surface area contributed by atoms with Crippen LogP contribution in [0.5, 0.6) is 0 Å². The fourth-order valence-electron chi connectivity index (χ4n) is 4.15. The molecule has 0 saturated heterocycles. The van der Waals surface area contributed by atoms with Crippen molar-refractivity contribution in [2.45, 2.75) is 39.3 Å². The molecule has 6 nitrogen and oxygen atoms in total. The summed E-state index contributed by atoms with van der Waals surface area (Å²) in [4.78, 5) is 25.7. The predicted molar refractivity (Wildman–Crippen MR) is 123 cm³/mol. The van der Waals surface area contributed by atoms with Gasteiger partial charge in [0.1, 0.15) is 0 Å². The lowest BCUT2D eigenvalue weighted by Gasteiger charge is -2.40. The van der Waals surface area contributed by atoms with Crippen molar-refractivity contribution < 1.29 is 9.72 Å². The monoisotopic (exact) mass is 415 g/mol. The third-order valence-electron chi connectivity index (χ3n) is 5.77. The molecule has 0 unspecified atom stereocenters. The smallest absolute Gasteiger partial charge is 0.269 e. The molecule has 0 fully saturated rings. The fraction of sp³-hybridized carbons (Fsp3) is 0.240. The Balaban J connectivity index is 1.68. The van der Waals surface area contributed by atoms with E-state index in [4.69, 9.17) is 0 Å². The van der Waals surface area contributed by atoms with Crippen LogP contribution >= 0.6 is 0 Å². The van der Waals surface area contributed by atoms with E-state index in [0.29, 0.717) is 5.56 Å². The van der Waals surface area contributed by atoms with Gasteiger partial charge in [-0.3, -0.25) is 14.9 Å². The van der Waals surface area contributed by atoms with Gasteiger partial charge in [-0.15, -0.1) is 0 Å². The number of non-ortho nitro benzene ring substituents is 1. The number of anilines is 2. The van der Waals surface area contributed by atoms with Crippen molar-refractivity contribution in [3.05, 3.63) is 99.1 Å². The van der Waals surface area contributed by atoms with Gasteiger partial charge in [-0.25, -0.2) is 0 Å². The highest BCUT2D eigenvalue weighted by Crippen LogP contribution is 2.40. The molecule has 0 bridgehead atoms. The molecular weight excluding hydrogens is 390 g/mol. The van der Waals surface area contributed by atoms with Gasteiger partial charge in [-0.1, -0.05) is 35.4 Å². The minimum absolute atomic E-state index is 0.0263. The molecule has 31 heavy (non-hydrogen) atoms. The van der Waals surface area contributed by atoms with Gasteiger partial charge < -0.3 is 10.2 Å². The van der Waals surface area contributed by atoms with Crippen LogP contribution in [-0.4, -0.2) is 16.9 Å². The molecule has 1 aliphatic heterocycles. The summed E-state index contributed by atoms with van der Waals surface area (Å²) in [5, 5.41) is 14.6. The molecule has 1 N–H and O–H groups in total.